The van der Waals surface area contributed by atoms with E-state index in [2.05, 4.69) is 10.4 Å². The quantitative estimate of drug-likeness (QED) is 0.652. The predicted molar refractivity (Wildman–Crippen MR) is 96.9 cm³/mol. The largest absolute Gasteiger partial charge is 0.454 e. The Morgan fingerprint density at radius 1 is 1.21 bits per heavy atom. The van der Waals surface area contributed by atoms with Gasteiger partial charge >= 0.3 is 11.7 Å². The van der Waals surface area contributed by atoms with Crippen LogP contribution in [0.15, 0.2) is 57.7 Å². The van der Waals surface area contributed by atoms with E-state index in [0.29, 0.717) is 11.1 Å². The third kappa shape index (κ3) is 4.70. The summed E-state index contributed by atoms with van der Waals surface area (Å²) >= 11 is 0. The molecule has 3 rings (SSSR count). The zero-order chi connectivity index (χ0) is 20.1. The highest BCUT2D eigenvalue weighted by molar-refractivity contribution is 5.92. The van der Waals surface area contributed by atoms with Crippen LogP contribution in [-0.4, -0.2) is 28.3 Å². The minimum absolute atomic E-state index is 0.0214. The van der Waals surface area contributed by atoms with Gasteiger partial charge in [-0.05, 0) is 36.8 Å². The zero-order valence-corrected chi connectivity index (χ0v) is 14.8. The molecule has 1 heterocycles. The van der Waals surface area contributed by atoms with Crippen LogP contribution in [-0.2, 0) is 20.9 Å². The van der Waals surface area contributed by atoms with Crippen LogP contribution in [0.2, 0.25) is 0 Å². The number of nitrogens with zero attached hydrogens (tertiary/aromatic N) is 2. The lowest BCUT2D eigenvalue weighted by molar-refractivity contribution is -0.148. The maximum atomic E-state index is 13.7. The van der Waals surface area contributed by atoms with E-state index in [1.54, 1.807) is 43.3 Å². The second-order valence-electron chi connectivity index (χ2n) is 5.89. The number of benzene rings is 2. The van der Waals surface area contributed by atoms with E-state index in [-0.39, 0.29) is 11.6 Å². The van der Waals surface area contributed by atoms with Crippen LogP contribution < -0.4 is 11.1 Å². The molecular weight excluding hydrogens is 369 g/mol. The van der Waals surface area contributed by atoms with Crippen LogP contribution in [0, 0.1) is 12.7 Å². The van der Waals surface area contributed by atoms with Gasteiger partial charge in [0, 0.05) is 5.56 Å². The molecule has 2 aromatic carbocycles. The van der Waals surface area contributed by atoms with Gasteiger partial charge in [-0.15, -0.1) is 5.10 Å². The number of hydrogen-bond donors (Lipinski definition) is 1. The maximum Gasteiger partial charge on any atom is 0.437 e. The molecule has 1 aromatic heterocycles. The summed E-state index contributed by atoms with van der Waals surface area (Å²) in [6.07, 6.45) is 0. The third-order valence-corrected chi connectivity index (χ3v) is 3.67. The number of esters is 1. The molecule has 0 atom stereocenters. The van der Waals surface area contributed by atoms with Gasteiger partial charge in [0.05, 0.1) is 5.69 Å². The number of aryl methyl sites for hydroxylation is 1. The first-order valence-corrected chi connectivity index (χ1v) is 8.27. The number of aromatic nitrogens is 2. The third-order valence-electron chi connectivity index (χ3n) is 3.67. The molecule has 0 aliphatic heterocycles. The molecule has 144 valence electrons. The molecule has 0 aliphatic carbocycles. The Balaban J connectivity index is 1.55. The number of ether oxygens (including phenoxy) is 1. The van der Waals surface area contributed by atoms with Gasteiger partial charge in [0.25, 0.3) is 5.91 Å². The molecule has 0 bridgehead atoms. The predicted octanol–water partition coefficient (Wildman–Crippen LogP) is 2.13. The minimum atomic E-state index is -0.866. The van der Waals surface area contributed by atoms with Crippen LogP contribution in [0.25, 0.3) is 11.5 Å². The summed E-state index contributed by atoms with van der Waals surface area (Å²) in [6, 6.07) is 13.0. The Hall–Kier alpha value is -3.75. The van der Waals surface area contributed by atoms with E-state index in [1.165, 1.54) is 12.1 Å². The first kappa shape index (κ1) is 19.0. The van der Waals surface area contributed by atoms with E-state index >= 15 is 0 Å². The molecular formula is C19H16FN3O5. The van der Waals surface area contributed by atoms with Crippen molar-refractivity contribution in [3.05, 3.63) is 70.5 Å². The normalized spacial score (nSPS) is 10.5. The Labute approximate surface area is 158 Å². The van der Waals surface area contributed by atoms with Crippen molar-refractivity contribution in [2.45, 2.75) is 13.5 Å². The molecule has 0 spiro atoms. The highest BCUT2D eigenvalue weighted by atomic mass is 19.1. The number of amides is 1. The van der Waals surface area contributed by atoms with Crippen LogP contribution in [0.3, 0.4) is 0 Å². The van der Waals surface area contributed by atoms with Gasteiger partial charge in [-0.1, -0.05) is 24.3 Å². The van der Waals surface area contributed by atoms with Crippen molar-refractivity contribution < 1.29 is 23.1 Å². The minimum Gasteiger partial charge on any atom is -0.454 e. The average molecular weight is 385 g/mol. The van der Waals surface area contributed by atoms with Crippen molar-refractivity contribution in [1.82, 2.24) is 9.78 Å². The van der Waals surface area contributed by atoms with Gasteiger partial charge in [0.15, 0.2) is 6.61 Å². The van der Waals surface area contributed by atoms with Gasteiger partial charge < -0.3 is 14.5 Å². The SMILES string of the molecule is Cc1ccc(NC(=O)COC(=O)Cn2nc(-c3ccccc3)oc2=O)c(F)c1. The number of nitrogens with one attached hydrogen (secondary N) is 1. The van der Waals surface area contributed by atoms with Crippen molar-refractivity contribution >= 4 is 17.6 Å². The van der Waals surface area contributed by atoms with Crippen LogP contribution >= 0.6 is 0 Å². The molecule has 0 fully saturated rings. The Morgan fingerprint density at radius 2 is 1.96 bits per heavy atom. The van der Waals surface area contributed by atoms with Gasteiger partial charge in [-0.2, -0.15) is 4.68 Å². The highest BCUT2D eigenvalue weighted by Gasteiger charge is 2.15. The molecule has 8 nitrogen and oxygen atoms in total. The highest BCUT2D eigenvalue weighted by Crippen LogP contribution is 2.15. The molecule has 28 heavy (non-hydrogen) atoms. The number of anilines is 1. The lowest BCUT2D eigenvalue weighted by Gasteiger charge is -2.07. The molecule has 0 aliphatic rings. The molecule has 0 unspecified atom stereocenters. The van der Waals surface area contributed by atoms with Crippen molar-refractivity contribution in [3.8, 4) is 11.5 Å². The molecule has 0 saturated carbocycles. The second-order valence-corrected chi connectivity index (χ2v) is 5.89. The fourth-order valence-electron chi connectivity index (χ4n) is 2.33. The van der Waals surface area contributed by atoms with Gasteiger partial charge in [0.2, 0.25) is 5.89 Å². The van der Waals surface area contributed by atoms with Crippen molar-refractivity contribution in [1.29, 1.82) is 0 Å². The summed E-state index contributed by atoms with van der Waals surface area (Å²) in [6.45, 7) is 0.553. The zero-order valence-electron chi connectivity index (χ0n) is 14.8. The fourth-order valence-corrected chi connectivity index (χ4v) is 2.33. The van der Waals surface area contributed by atoms with E-state index in [9.17, 15) is 18.8 Å². The fraction of sp³-hybridized carbons (Fsp3) is 0.158. The molecule has 3 aromatic rings. The van der Waals surface area contributed by atoms with E-state index < -0.39 is 36.6 Å². The van der Waals surface area contributed by atoms with E-state index in [4.69, 9.17) is 9.15 Å². The van der Waals surface area contributed by atoms with Crippen LogP contribution in [0.5, 0.6) is 0 Å². The van der Waals surface area contributed by atoms with Crippen molar-refractivity contribution in [3.63, 3.8) is 0 Å². The Morgan fingerprint density at radius 3 is 2.68 bits per heavy atom. The Bertz CT molecular complexity index is 1060. The molecule has 9 heteroatoms. The lowest BCUT2D eigenvalue weighted by Crippen LogP contribution is -2.26. The van der Waals surface area contributed by atoms with Gasteiger partial charge in [-0.3, -0.25) is 9.59 Å². The average Bonchev–Trinajstić information content (AvgIpc) is 3.03. The number of halogens is 1. The summed E-state index contributed by atoms with van der Waals surface area (Å²) in [7, 11) is 0. The number of carbonyl (C=O) groups excluding carboxylic acids is 2. The van der Waals surface area contributed by atoms with Gasteiger partial charge in [0.1, 0.15) is 12.4 Å². The molecule has 0 saturated heterocycles. The van der Waals surface area contributed by atoms with E-state index in [0.717, 1.165) is 4.68 Å². The first-order chi connectivity index (χ1) is 13.4. The topological polar surface area (TPSA) is 103 Å². The number of carbonyl (C=O) groups is 2. The smallest absolute Gasteiger partial charge is 0.437 e. The standard InChI is InChI=1S/C19H16FN3O5/c1-12-7-8-15(14(20)9-12)21-16(24)11-27-17(25)10-23-19(26)28-18(22-23)13-5-3-2-4-6-13/h2-9H,10-11H2,1H3,(H,21,24). The van der Waals surface area contributed by atoms with Crippen molar-refractivity contribution in [2.24, 2.45) is 0 Å². The summed E-state index contributed by atoms with van der Waals surface area (Å²) in [5, 5.41) is 6.22. The van der Waals surface area contributed by atoms with Crippen LogP contribution in [0.1, 0.15) is 5.56 Å². The number of hydrogen-bond acceptors (Lipinski definition) is 6. The monoisotopic (exact) mass is 385 g/mol. The molecule has 1 N–H and O–H groups in total. The first-order valence-electron chi connectivity index (χ1n) is 8.27. The number of rotatable bonds is 6. The Kier molecular flexibility index (Phi) is 5.64. The molecule has 0 radical (unpaired) electrons. The summed E-state index contributed by atoms with van der Waals surface area (Å²) < 4.78 is 24.3. The second kappa shape index (κ2) is 8.30. The summed E-state index contributed by atoms with van der Waals surface area (Å²) in [4.78, 5) is 35.5. The van der Waals surface area contributed by atoms with Gasteiger partial charge in [-0.25, -0.2) is 9.18 Å². The summed E-state index contributed by atoms with van der Waals surface area (Å²) in [5.74, 6) is -2.95. The van der Waals surface area contributed by atoms with Crippen LogP contribution in [0.4, 0.5) is 10.1 Å². The van der Waals surface area contributed by atoms with Crippen molar-refractivity contribution in [2.75, 3.05) is 11.9 Å². The van der Waals surface area contributed by atoms with E-state index in [1.807, 2.05) is 0 Å². The maximum absolute atomic E-state index is 13.7. The lowest BCUT2D eigenvalue weighted by atomic mass is 10.2. The summed E-state index contributed by atoms with van der Waals surface area (Å²) in [5.41, 5.74) is 1.26. The molecule has 1 amide bonds.